The van der Waals surface area contributed by atoms with Crippen LogP contribution < -0.4 is 10.6 Å². The zero-order valence-electron chi connectivity index (χ0n) is 14.1. The molecule has 0 radical (unpaired) electrons. The van der Waals surface area contributed by atoms with E-state index in [2.05, 4.69) is 22.5 Å². The van der Waals surface area contributed by atoms with Gasteiger partial charge in [0.1, 0.15) is 5.76 Å². The largest absolute Gasteiger partial charge is 0.469 e. The molecule has 1 aromatic rings. The van der Waals surface area contributed by atoms with Gasteiger partial charge in [-0.1, -0.05) is 13.3 Å². The highest BCUT2D eigenvalue weighted by Crippen LogP contribution is 1.99. The fourth-order valence-electron chi connectivity index (χ4n) is 1.97. The Hall–Kier alpha value is -1.49. The molecule has 1 heterocycles. The van der Waals surface area contributed by atoms with Crippen LogP contribution in [0.15, 0.2) is 27.8 Å². The van der Waals surface area contributed by atoms with Crippen LogP contribution in [0.5, 0.6) is 0 Å². The Morgan fingerprint density at radius 1 is 1.18 bits per heavy atom. The van der Waals surface area contributed by atoms with Gasteiger partial charge in [-0.25, -0.2) is 0 Å². The summed E-state index contributed by atoms with van der Waals surface area (Å²) in [6, 6.07) is 3.92. The van der Waals surface area contributed by atoms with Gasteiger partial charge in [0.15, 0.2) is 5.96 Å². The minimum absolute atomic E-state index is 0.793. The van der Waals surface area contributed by atoms with E-state index >= 15 is 0 Å². The minimum Gasteiger partial charge on any atom is -0.469 e. The van der Waals surface area contributed by atoms with Crippen molar-refractivity contribution in [1.29, 1.82) is 0 Å². The zero-order valence-corrected chi connectivity index (χ0v) is 14.1. The van der Waals surface area contributed by atoms with Crippen molar-refractivity contribution in [1.82, 2.24) is 10.6 Å². The van der Waals surface area contributed by atoms with Crippen LogP contribution >= 0.6 is 0 Å². The molecule has 0 atom stereocenters. The second-order valence-electron chi connectivity index (χ2n) is 5.17. The first-order valence-electron chi connectivity index (χ1n) is 8.49. The normalized spacial score (nSPS) is 11.6. The predicted molar refractivity (Wildman–Crippen MR) is 91.4 cm³/mol. The maximum atomic E-state index is 5.34. The highest BCUT2D eigenvalue weighted by Gasteiger charge is 2.00. The molecule has 126 valence electrons. The summed E-state index contributed by atoms with van der Waals surface area (Å²) in [5, 5.41) is 6.75. The summed E-state index contributed by atoms with van der Waals surface area (Å²) in [5.41, 5.74) is 0. The third-order valence-corrected chi connectivity index (χ3v) is 3.24. The van der Waals surface area contributed by atoms with Crippen molar-refractivity contribution in [2.24, 2.45) is 4.99 Å². The van der Waals surface area contributed by atoms with Crippen LogP contribution in [0, 0.1) is 0 Å². The lowest BCUT2D eigenvalue weighted by Crippen LogP contribution is -2.39. The Bertz CT molecular complexity index is 377. The fourth-order valence-corrected chi connectivity index (χ4v) is 1.97. The van der Waals surface area contributed by atoms with Crippen molar-refractivity contribution in [3.8, 4) is 0 Å². The first kappa shape index (κ1) is 18.6. The van der Waals surface area contributed by atoms with Gasteiger partial charge in [-0.15, -0.1) is 0 Å². The fraction of sp³-hybridized carbons (Fsp3) is 0.706. The highest BCUT2D eigenvalue weighted by molar-refractivity contribution is 5.79. The molecule has 0 unspecified atom stereocenters. The van der Waals surface area contributed by atoms with Crippen LogP contribution in [-0.2, 0) is 11.2 Å². The lowest BCUT2D eigenvalue weighted by molar-refractivity contribution is 0.144. The topological polar surface area (TPSA) is 58.8 Å². The molecule has 1 aromatic heterocycles. The molecule has 5 heteroatoms. The van der Waals surface area contributed by atoms with Crippen LogP contribution in [0.3, 0.4) is 0 Å². The molecule has 0 amide bonds. The molecule has 0 aliphatic heterocycles. The Labute approximate surface area is 134 Å². The molecule has 2 N–H and O–H groups in total. The second kappa shape index (κ2) is 13.2. The molecule has 0 saturated carbocycles. The summed E-state index contributed by atoms with van der Waals surface area (Å²) in [6.07, 6.45) is 7.03. The third kappa shape index (κ3) is 9.45. The second-order valence-corrected chi connectivity index (χ2v) is 5.17. The Kier molecular flexibility index (Phi) is 11.1. The van der Waals surface area contributed by atoms with Gasteiger partial charge in [0.2, 0.25) is 0 Å². The summed E-state index contributed by atoms with van der Waals surface area (Å²) >= 11 is 0. The average molecular weight is 309 g/mol. The number of unbranched alkanes of at least 4 members (excludes halogenated alkanes) is 2. The van der Waals surface area contributed by atoms with Crippen LogP contribution in [0.4, 0.5) is 0 Å². The predicted octanol–water partition coefficient (Wildman–Crippen LogP) is 2.97. The van der Waals surface area contributed by atoms with Gasteiger partial charge in [-0.05, 0) is 38.3 Å². The third-order valence-electron chi connectivity index (χ3n) is 3.24. The van der Waals surface area contributed by atoms with E-state index in [9.17, 15) is 0 Å². The standard InChI is InChI=1S/C17H31N3O2/c1-3-5-11-18-17(19-12-6-7-14-21-4-2)20-13-10-16-9-8-15-22-16/h8-9,15H,3-7,10-14H2,1-2H3,(H2,18,19,20). The summed E-state index contributed by atoms with van der Waals surface area (Å²) in [6.45, 7) is 8.45. The number of furan rings is 1. The number of ether oxygens (including phenoxy) is 1. The maximum Gasteiger partial charge on any atom is 0.191 e. The summed E-state index contributed by atoms with van der Waals surface area (Å²) in [7, 11) is 0. The lowest BCUT2D eigenvalue weighted by atomic mass is 10.3. The first-order valence-corrected chi connectivity index (χ1v) is 8.49. The number of rotatable bonds is 12. The van der Waals surface area contributed by atoms with E-state index < -0.39 is 0 Å². The van der Waals surface area contributed by atoms with E-state index in [1.54, 1.807) is 6.26 Å². The monoisotopic (exact) mass is 309 g/mol. The number of nitrogens with one attached hydrogen (secondary N) is 2. The molecular weight excluding hydrogens is 278 g/mol. The number of hydrogen-bond donors (Lipinski definition) is 2. The van der Waals surface area contributed by atoms with Crippen molar-refractivity contribution < 1.29 is 9.15 Å². The van der Waals surface area contributed by atoms with E-state index in [1.165, 1.54) is 6.42 Å². The van der Waals surface area contributed by atoms with Gasteiger partial charge in [0.05, 0.1) is 6.26 Å². The van der Waals surface area contributed by atoms with Gasteiger partial charge in [-0.2, -0.15) is 0 Å². The number of guanidine groups is 1. The van der Waals surface area contributed by atoms with Crippen molar-refractivity contribution in [3.05, 3.63) is 24.2 Å². The highest BCUT2D eigenvalue weighted by atomic mass is 16.5. The molecule has 0 fully saturated rings. The molecule has 0 saturated heterocycles. The zero-order chi connectivity index (χ0) is 15.9. The van der Waals surface area contributed by atoms with Crippen LogP contribution in [0.25, 0.3) is 0 Å². The molecule has 0 spiro atoms. The maximum absolute atomic E-state index is 5.34. The lowest BCUT2D eigenvalue weighted by Gasteiger charge is -2.12. The van der Waals surface area contributed by atoms with Crippen molar-refractivity contribution >= 4 is 5.96 Å². The van der Waals surface area contributed by atoms with E-state index in [-0.39, 0.29) is 0 Å². The molecule has 5 nitrogen and oxygen atoms in total. The van der Waals surface area contributed by atoms with Crippen LogP contribution in [-0.4, -0.2) is 38.8 Å². The van der Waals surface area contributed by atoms with Crippen LogP contribution in [0.2, 0.25) is 0 Å². The van der Waals surface area contributed by atoms with Gasteiger partial charge in [0.25, 0.3) is 0 Å². The minimum atomic E-state index is 0.793. The van der Waals surface area contributed by atoms with E-state index in [0.717, 1.165) is 70.3 Å². The molecule has 1 rings (SSSR count). The van der Waals surface area contributed by atoms with Gasteiger partial charge >= 0.3 is 0 Å². The molecule has 22 heavy (non-hydrogen) atoms. The molecule has 0 aromatic carbocycles. The van der Waals surface area contributed by atoms with Gasteiger partial charge < -0.3 is 19.8 Å². The van der Waals surface area contributed by atoms with Crippen molar-refractivity contribution in [3.63, 3.8) is 0 Å². The average Bonchev–Trinajstić information content (AvgIpc) is 3.03. The summed E-state index contributed by atoms with van der Waals surface area (Å²) in [5.74, 6) is 1.90. The summed E-state index contributed by atoms with van der Waals surface area (Å²) in [4.78, 5) is 4.62. The quantitative estimate of drug-likeness (QED) is 0.354. The van der Waals surface area contributed by atoms with Crippen LogP contribution in [0.1, 0.15) is 45.3 Å². The van der Waals surface area contributed by atoms with Gasteiger partial charge in [0, 0.05) is 39.3 Å². The Morgan fingerprint density at radius 2 is 2.05 bits per heavy atom. The Balaban J connectivity index is 2.24. The molecular formula is C17H31N3O2. The van der Waals surface area contributed by atoms with E-state index in [0.29, 0.717) is 0 Å². The summed E-state index contributed by atoms with van der Waals surface area (Å²) < 4.78 is 10.7. The molecule has 0 aliphatic rings. The molecule has 0 aliphatic carbocycles. The van der Waals surface area contributed by atoms with Gasteiger partial charge in [-0.3, -0.25) is 4.99 Å². The Morgan fingerprint density at radius 3 is 2.77 bits per heavy atom. The van der Waals surface area contributed by atoms with Crippen molar-refractivity contribution in [2.45, 2.75) is 46.0 Å². The van der Waals surface area contributed by atoms with E-state index in [4.69, 9.17) is 9.15 Å². The number of nitrogens with zero attached hydrogens (tertiary/aromatic N) is 1. The molecule has 0 bridgehead atoms. The first-order chi connectivity index (χ1) is 10.9. The van der Waals surface area contributed by atoms with E-state index in [1.807, 2.05) is 19.1 Å². The smallest absolute Gasteiger partial charge is 0.191 e. The number of aliphatic imine (C=N–C) groups is 1. The SMILES string of the molecule is CCCCNC(=NCCCCOCC)NCCc1ccco1. The number of hydrogen-bond acceptors (Lipinski definition) is 3. The van der Waals surface area contributed by atoms with Crippen molar-refractivity contribution in [2.75, 3.05) is 32.8 Å².